The van der Waals surface area contributed by atoms with E-state index in [1.54, 1.807) is 26.2 Å². The molecule has 1 aliphatic rings. The Morgan fingerprint density at radius 3 is 2.54 bits per heavy atom. The number of alkyl halides is 4. The van der Waals surface area contributed by atoms with Gasteiger partial charge in [0.15, 0.2) is 17.2 Å². The topological polar surface area (TPSA) is 98.9 Å². The highest BCUT2D eigenvalue weighted by molar-refractivity contribution is 5.98. The number of hydrogen-bond donors (Lipinski definition) is 0. The second-order valence-corrected chi connectivity index (χ2v) is 8.78. The third-order valence-electron chi connectivity index (χ3n) is 5.72. The first-order valence-electron chi connectivity index (χ1n) is 10.8. The summed E-state index contributed by atoms with van der Waals surface area (Å²) in [4.78, 5) is 30.3. The van der Waals surface area contributed by atoms with E-state index in [4.69, 9.17) is 4.74 Å². The Hall–Kier alpha value is -3.64. The smallest absolute Gasteiger partial charge is 0.434 e. The van der Waals surface area contributed by atoms with Gasteiger partial charge >= 0.3 is 6.18 Å². The van der Waals surface area contributed by atoms with Crippen molar-refractivity contribution in [3.63, 3.8) is 0 Å². The Bertz CT molecular complexity index is 1180. The Kier molecular flexibility index (Phi) is 6.43. The minimum Gasteiger partial charge on any atom is -0.474 e. The van der Waals surface area contributed by atoms with Crippen LogP contribution in [-0.2, 0) is 13.2 Å². The molecule has 3 atom stereocenters. The van der Waals surface area contributed by atoms with Gasteiger partial charge < -0.3 is 9.64 Å². The quantitative estimate of drug-likeness (QED) is 0.503. The molecule has 0 aromatic carbocycles. The normalized spacial score (nSPS) is 22.8. The molecule has 0 spiro atoms. The Morgan fingerprint density at radius 2 is 1.91 bits per heavy atom. The third-order valence-corrected chi connectivity index (χ3v) is 5.72. The van der Waals surface area contributed by atoms with Crippen LogP contribution in [0.1, 0.15) is 36.5 Å². The van der Waals surface area contributed by atoms with Crippen molar-refractivity contribution in [3.8, 4) is 17.3 Å². The molecule has 0 bridgehead atoms. The molecule has 9 nitrogen and oxygen atoms in total. The summed E-state index contributed by atoms with van der Waals surface area (Å²) < 4.78 is 60.4. The van der Waals surface area contributed by atoms with Crippen molar-refractivity contribution in [1.82, 2.24) is 34.6 Å². The van der Waals surface area contributed by atoms with Crippen LogP contribution < -0.4 is 4.74 Å². The van der Waals surface area contributed by atoms with Gasteiger partial charge in [-0.05, 0) is 25.3 Å². The van der Waals surface area contributed by atoms with Gasteiger partial charge in [-0.25, -0.2) is 24.3 Å². The number of halogens is 4. The first-order chi connectivity index (χ1) is 16.4. The summed E-state index contributed by atoms with van der Waals surface area (Å²) in [5.74, 6) is -0.701. The number of carbonyl (C=O) groups is 1. The fraction of sp³-hybridized carbons (Fsp3) is 0.455. The summed E-state index contributed by atoms with van der Waals surface area (Å²) in [6.07, 6.45) is 1.65. The summed E-state index contributed by atoms with van der Waals surface area (Å²) in [5.41, 5.74) is -2.35. The molecule has 4 rings (SSSR count). The number of carbonyl (C=O) groups excluding carboxylic acids is 1. The van der Waals surface area contributed by atoms with Gasteiger partial charge in [-0.3, -0.25) is 9.48 Å². The highest BCUT2D eigenvalue weighted by Crippen LogP contribution is 2.35. The molecule has 0 saturated carbocycles. The zero-order valence-corrected chi connectivity index (χ0v) is 19.2. The van der Waals surface area contributed by atoms with Crippen LogP contribution >= 0.6 is 0 Å². The van der Waals surface area contributed by atoms with E-state index < -0.39 is 29.5 Å². The minimum atomic E-state index is -4.62. The predicted octanol–water partition coefficient (Wildman–Crippen LogP) is 3.34. The molecule has 0 radical (unpaired) electrons. The van der Waals surface area contributed by atoms with Gasteiger partial charge in [-0.2, -0.15) is 18.3 Å². The number of rotatable bonds is 5. The van der Waals surface area contributed by atoms with Crippen molar-refractivity contribution in [3.05, 3.63) is 48.4 Å². The molecule has 2 unspecified atom stereocenters. The van der Waals surface area contributed by atoms with E-state index in [1.165, 1.54) is 28.9 Å². The highest BCUT2D eigenvalue weighted by Gasteiger charge is 2.44. The largest absolute Gasteiger partial charge is 0.474 e. The van der Waals surface area contributed by atoms with Crippen LogP contribution in [0.5, 0.6) is 5.88 Å². The molecule has 1 aliphatic heterocycles. The molecule has 3 aromatic heterocycles. The van der Waals surface area contributed by atoms with Crippen molar-refractivity contribution in [1.29, 1.82) is 0 Å². The number of ether oxygens (including phenoxy) is 1. The van der Waals surface area contributed by atoms with E-state index in [2.05, 4.69) is 25.0 Å². The van der Waals surface area contributed by atoms with Gasteiger partial charge in [-0.15, -0.1) is 0 Å². The van der Waals surface area contributed by atoms with Crippen LogP contribution in [-0.4, -0.2) is 65.4 Å². The number of amides is 1. The monoisotopic (exact) mass is 493 g/mol. The van der Waals surface area contributed by atoms with Crippen LogP contribution in [0.4, 0.5) is 17.6 Å². The lowest BCUT2D eigenvalue weighted by atomic mass is 9.83. The second-order valence-electron chi connectivity index (χ2n) is 8.78. The molecule has 1 fully saturated rings. The van der Waals surface area contributed by atoms with Crippen molar-refractivity contribution in [2.75, 3.05) is 13.2 Å². The van der Waals surface area contributed by atoms with E-state index in [9.17, 15) is 18.0 Å². The van der Waals surface area contributed by atoms with Gasteiger partial charge in [0, 0.05) is 25.6 Å². The molecular weight excluding hydrogens is 470 g/mol. The van der Waals surface area contributed by atoms with E-state index in [-0.39, 0.29) is 37.1 Å². The summed E-state index contributed by atoms with van der Waals surface area (Å²) >= 11 is 0. The van der Waals surface area contributed by atoms with Crippen LogP contribution in [0.2, 0.25) is 0 Å². The molecule has 1 amide bonds. The van der Waals surface area contributed by atoms with Crippen LogP contribution in [0.25, 0.3) is 11.4 Å². The Balaban J connectivity index is 1.60. The number of hydrogen-bond acceptors (Lipinski definition) is 7. The summed E-state index contributed by atoms with van der Waals surface area (Å²) in [7, 11) is 1.64. The average molecular weight is 493 g/mol. The first-order valence-corrected chi connectivity index (χ1v) is 10.8. The minimum absolute atomic E-state index is 0.0583. The molecule has 1 saturated heterocycles. The lowest BCUT2D eigenvalue weighted by Crippen LogP contribution is -2.57. The Labute approximate surface area is 198 Å². The number of aryl methyl sites for hydroxylation is 1. The van der Waals surface area contributed by atoms with E-state index >= 15 is 4.39 Å². The van der Waals surface area contributed by atoms with Crippen molar-refractivity contribution in [2.24, 2.45) is 13.0 Å². The summed E-state index contributed by atoms with van der Waals surface area (Å²) in [6, 6.07) is 1.04. The van der Waals surface area contributed by atoms with Gasteiger partial charge in [0.2, 0.25) is 5.88 Å². The maximum Gasteiger partial charge on any atom is 0.434 e. The lowest BCUT2D eigenvalue weighted by molar-refractivity contribution is -0.141. The molecular formula is C22H23F4N7O2. The molecule has 186 valence electrons. The van der Waals surface area contributed by atoms with Crippen LogP contribution in [0, 0.1) is 5.92 Å². The SMILES string of the molecule is C[C@@H]1CC(C)(F)CN(C(=O)c2nn(C)cc2-c2ncccn2)C1COc1cnc(C(F)(F)F)cn1. The predicted molar refractivity (Wildman–Crippen MR) is 115 cm³/mol. The van der Waals surface area contributed by atoms with Crippen LogP contribution in [0.15, 0.2) is 37.1 Å². The van der Waals surface area contributed by atoms with Crippen molar-refractivity contribution in [2.45, 2.75) is 38.2 Å². The van der Waals surface area contributed by atoms with Crippen molar-refractivity contribution < 1.29 is 27.1 Å². The molecule has 0 N–H and O–H groups in total. The van der Waals surface area contributed by atoms with E-state index in [1.807, 2.05) is 0 Å². The molecule has 4 heterocycles. The summed E-state index contributed by atoms with van der Waals surface area (Å²) in [5, 5.41) is 4.27. The van der Waals surface area contributed by atoms with Crippen molar-refractivity contribution >= 4 is 5.91 Å². The molecule has 35 heavy (non-hydrogen) atoms. The standard InChI is InChI=1S/C22H23F4N7O2/c1-13-7-21(2,23)12-33(15(13)11-35-17-9-29-16(8-30-17)22(24,25)26)20(34)18-14(10-32(3)31-18)19-27-5-4-6-28-19/h4-6,8-10,13,15H,7,11-12H2,1-3H3/t13-,15?,21?/m1/s1. The number of aromatic nitrogens is 6. The molecule has 13 heteroatoms. The average Bonchev–Trinajstić information content (AvgIpc) is 3.19. The Morgan fingerprint density at radius 1 is 1.20 bits per heavy atom. The second kappa shape index (κ2) is 9.19. The van der Waals surface area contributed by atoms with Gasteiger partial charge in [0.05, 0.1) is 30.5 Å². The van der Waals surface area contributed by atoms with E-state index in [0.717, 1.165) is 6.20 Å². The van der Waals surface area contributed by atoms with Gasteiger partial charge in [0.1, 0.15) is 12.3 Å². The summed E-state index contributed by atoms with van der Waals surface area (Å²) in [6.45, 7) is 2.87. The first kappa shape index (κ1) is 24.5. The van der Waals surface area contributed by atoms with Crippen LogP contribution in [0.3, 0.4) is 0 Å². The van der Waals surface area contributed by atoms with Gasteiger partial charge in [0.25, 0.3) is 5.91 Å². The van der Waals surface area contributed by atoms with Gasteiger partial charge in [-0.1, -0.05) is 6.92 Å². The third kappa shape index (κ3) is 5.38. The highest BCUT2D eigenvalue weighted by atomic mass is 19.4. The molecule has 3 aromatic rings. The maximum absolute atomic E-state index is 15.2. The zero-order chi connectivity index (χ0) is 25.4. The number of nitrogens with zero attached hydrogens (tertiary/aromatic N) is 7. The van der Waals surface area contributed by atoms with E-state index in [0.29, 0.717) is 17.6 Å². The zero-order valence-electron chi connectivity index (χ0n) is 19.2. The maximum atomic E-state index is 15.2. The number of piperidine rings is 1. The lowest BCUT2D eigenvalue weighted by Gasteiger charge is -2.44. The number of likely N-dealkylation sites (tertiary alicyclic amines) is 1. The fourth-order valence-electron chi connectivity index (χ4n) is 4.22. The molecule has 0 aliphatic carbocycles. The fourth-order valence-corrected chi connectivity index (χ4v) is 4.22.